The summed E-state index contributed by atoms with van der Waals surface area (Å²) < 4.78 is 6.63. The smallest absolute Gasteiger partial charge is 0.255 e. The van der Waals surface area contributed by atoms with Gasteiger partial charge >= 0.3 is 0 Å². The molecule has 0 aromatic carbocycles. The van der Waals surface area contributed by atoms with Crippen LogP contribution in [-0.2, 0) is 9.53 Å². The molecule has 1 saturated carbocycles. The van der Waals surface area contributed by atoms with Crippen LogP contribution in [0.5, 0.6) is 0 Å². The molecule has 6 rings (SSSR count). The molecule has 2 N–H and O–H groups in total. The first-order valence-corrected chi connectivity index (χ1v) is 13.1. The Kier molecular flexibility index (Phi) is 5.01. The highest BCUT2D eigenvalue weighted by atomic mass is 32.1. The molecule has 5 heterocycles. The number of amides is 1. The van der Waals surface area contributed by atoms with Crippen molar-refractivity contribution in [2.24, 2.45) is 0 Å². The van der Waals surface area contributed by atoms with E-state index in [1.54, 1.807) is 22.7 Å². The van der Waals surface area contributed by atoms with Crippen LogP contribution in [0.25, 0.3) is 6.08 Å². The average molecular weight is 466 g/mol. The number of carbonyl (C=O) groups excluding carboxylic acids is 1. The molecular formula is C25H27N3O2S2. The zero-order valence-corrected chi connectivity index (χ0v) is 19.8. The molecule has 5 nitrogen and oxygen atoms in total. The van der Waals surface area contributed by atoms with E-state index in [-0.39, 0.29) is 17.5 Å². The summed E-state index contributed by atoms with van der Waals surface area (Å²) in [6.07, 6.45) is 7.58. The van der Waals surface area contributed by atoms with Gasteiger partial charge in [-0.2, -0.15) is 0 Å². The average Bonchev–Trinajstić information content (AvgIpc) is 3.47. The summed E-state index contributed by atoms with van der Waals surface area (Å²) in [6.45, 7) is 1.61. The highest BCUT2D eigenvalue weighted by Gasteiger charge is 2.47. The van der Waals surface area contributed by atoms with Gasteiger partial charge in [-0.3, -0.25) is 9.69 Å². The minimum atomic E-state index is -0.380. The van der Waals surface area contributed by atoms with Crippen LogP contribution < -0.4 is 10.6 Å². The van der Waals surface area contributed by atoms with E-state index < -0.39 is 0 Å². The maximum Gasteiger partial charge on any atom is 0.255 e. The minimum Gasteiger partial charge on any atom is -0.440 e. The molecule has 2 aromatic rings. The van der Waals surface area contributed by atoms with Gasteiger partial charge in [-0.15, -0.1) is 22.7 Å². The van der Waals surface area contributed by atoms with Gasteiger partial charge in [0, 0.05) is 34.0 Å². The Hall–Kier alpha value is -2.35. The predicted molar refractivity (Wildman–Crippen MR) is 129 cm³/mol. The maximum atomic E-state index is 13.6. The Labute approximate surface area is 196 Å². The van der Waals surface area contributed by atoms with E-state index in [1.165, 1.54) is 27.3 Å². The van der Waals surface area contributed by atoms with Gasteiger partial charge in [-0.05, 0) is 61.7 Å². The second-order valence-electron chi connectivity index (χ2n) is 9.23. The van der Waals surface area contributed by atoms with Crippen LogP contribution in [0.2, 0.25) is 0 Å². The van der Waals surface area contributed by atoms with Crippen LogP contribution in [0.4, 0.5) is 0 Å². The third kappa shape index (κ3) is 3.43. The molecule has 166 valence electrons. The number of hydrogen-bond acceptors (Lipinski definition) is 6. The standard InChI is InChI=1S/C25H27N3O2S2/c1-28-14-16(13-17-7-5-11-31-17)22-18(15-28)20(19-8-6-12-32-19)21-23(29)26-25(27-24(21)30-22)9-3-2-4-10-25/h5-8,11-13,20,27H,2-4,9-10,14-15H2,1H3,(H,26,29)/b16-13-. The molecule has 0 saturated heterocycles. The largest absolute Gasteiger partial charge is 0.440 e. The lowest BCUT2D eigenvalue weighted by Crippen LogP contribution is -2.64. The first kappa shape index (κ1) is 20.3. The molecular weight excluding hydrogens is 438 g/mol. The highest BCUT2D eigenvalue weighted by molar-refractivity contribution is 7.11. The van der Waals surface area contributed by atoms with Crippen LogP contribution in [0.15, 0.2) is 63.4 Å². The van der Waals surface area contributed by atoms with E-state index in [4.69, 9.17) is 4.74 Å². The van der Waals surface area contributed by atoms with Crippen LogP contribution in [-0.4, -0.2) is 36.6 Å². The van der Waals surface area contributed by atoms with Gasteiger partial charge < -0.3 is 15.4 Å². The van der Waals surface area contributed by atoms with Crippen molar-refractivity contribution >= 4 is 34.7 Å². The monoisotopic (exact) mass is 465 g/mol. The Balaban J connectivity index is 1.48. The number of carbonyl (C=O) groups is 1. The lowest BCUT2D eigenvalue weighted by atomic mass is 9.80. The Bertz CT molecular complexity index is 1120. The van der Waals surface area contributed by atoms with Crippen molar-refractivity contribution in [3.05, 3.63) is 73.1 Å². The molecule has 3 aliphatic heterocycles. The van der Waals surface area contributed by atoms with Crippen molar-refractivity contribution < 1.29 is 9.53 Å². The van der Waals surface area contributed by atoms with E-state index in [9.17, 15) is 4.79 Å². The molecule has 2 aromatic heterocycles. The summed E-state index contributed by atoms with van der Waals surface area (Å²) in [5, 5.41) is 11.2. The Morgan fingerprint density at radius 2 is 1.91 bits per heavy atom. The molecule has 32 heavy (non-hydrogen) atoms. The van der Waals surface area contributed by atoms with E-state index in [0.29, 0.717) is 5.88 Å². The normalized spacial score (nSPS) is 26.5. The summed E-state index contributed by atoms with van der Waals surface area (Å²) in [5.41, 5.74) is 2.71. The van der Waals surface area contributed by atoms with Gasteiger partial charge in [0.05, 0.1) is 11.5 Å². The van der Waals surface area contributed by atoms with E-state index in [1.807, 2.05) is 0 Å². The molecule has 1 atom stereocenters. The van der Waals surface area contributed by atoms with Crippen LogP contribution in [0, 0.1) is 0 Å². The van der Waals surface area contributed by atoms with Gasteiger partial charge in [0.2, 0.25) is 5.88 Å². The van der Waals surface area contributed by atoms with Gasteiger partial charge in [-0.1, -0.05) is 18.6 Å². The fourth-order valence-corrected chi connectivity index (χ4v) is 7.04. The zero-order valence-electron chi connectivity index (χ0n) is 18.1. The lowest BCUT2D eigenvalue weighted by Gasteiger charge is -2.47. The first-order chi connectivity index (χ1) is 15.6. The second kappa shape index (κ2) is 7.90. The molecule has 4 aliphatic rings. The maximum absolute atomic E-state index is 13.6. The van der Waals surface area contributed by atoms with Gasteiger partial charge in [0.1, 0.15) is 11.4 Å². The van der Waals surface area contributed by atoms with E-state index in [2.05, 4.69) is 63.7 Å². The van der Waals surface area contributed by atoms with Gasteiger partial charge in [0.15, 0.2) is 0 Å². The van der Waals surface area contributed by atoms with Crippen LogP contribution in [0.3, 0.4) is 0 Å². The molecule has 7 heteroatoms. The Morgan fingerprint density at radius 1 is 1.09 bits per heavy atom. The van der Waals surface area contributed by atoms with Crippen molar-refractivity contribution in [2.45, 2.75) is 43.7 Å². The number of nitrogens with zero attached hydrogens (tertiary/aromatic N) is 1. The topological polar surface area (TPSA) is 53.6 Å². The number of nitrogens with one attached hydrogen (secondary N) is 2. The molecule has 0 radical (unpaired) electrons. The fraction of sp³-hybridized carbons (Fsp3) is 0.400. The molecule has 1 aliphatic carbocycles. The van der Waals surface area contributed by atoms with Crippen molar-refractivity contribution in [2.75, 3.05) is 20.1 Å². The minimum absolute atomic E-state index is 0.0163. The summed E-state index contributed by atoms with van der Waals surface area (Å²) in [6, 6.07) is 8.43. The van der Waals surface area contributed by atoms with E-state index in [0.717, 1.165) is 50.1 Å². The summed E-state index contributed by atoms with van der Waals surface area (Å²) >= 11 is 3.44. The van der Waals surface area contributed by atoms with Crippen LogP contribution in [0.1, 0.15) is 47.8 Å². The number of thiophene rings is 2. The number of rotatable bonds is 2. The quantitative estimate of drug-likeness (QED) is 0.669. The summed E-state index contributed by atoms with van der Waals surface area (Å²) in [4.78, 5) is 18.3. The Morgan fingerprint density at radius 3 is 2.66 bits per heavy atom. The number of hydrogen-bond donors (Lipinski definition) is 2. The molecule has 1 unspecified atom stereocenters. The molecule has 0 bridgehead atoms. The molecule has 1 amide bonds. The summed E-state index contributed by atoms with van der Waals surface area (Å²) in [5.74, 6) is 1.54. The first-order valence-electron chi connectivity index (χ1n) is 11.3. The third-order valence-electron chi connectivity index (χ3n) is 6.89. The van der Waals surface area contributed by atoms with Crippen molar-refractivity contribution in [1.29, 1.82) is 0 Å². The fourth-order valence-electron chi connectivity index (χ4n) is 5.49. The van der Waals surface area contributed by atoms with Crippen molar-refractivity contribution in [3.63, 3.8) is 0 Å². The van der Waals surface area contributed by atoms with Crippen molar-refractivity contribution in [1.82, 2.24) is 15.5 Å². The number of likely N-dealkylation sites (N-methyl/N-ethyl adjacent to an activating group) is 1. The molecule has 1 spiro atoms. The van der Waals surface area contributed by atoms with Gasteiger partial charge in [0.25, 0.3) is 5.91 Å². The van der Waals surface area contributed by atoms with Gasteiger partial charge in [-0.25, -0.2) is 0 Å². The zero-order chi connectivity index (χ0) is 21.7. The van der Waals surface area contributed by atoms with Crippen LogP contribution >= 0.6 is 22.7 Å². The lowest BCUT2D eigenvalue weighted by molar-refractivity contribution is -0.122. The SMILES string of the molecule is CN1CC2=C(OC3=C(C(=O)NC4(CCCCC4)N3)C2c2cccs2)/C(=C\c2cccs2)C1. The third-order valence-corrected chi connectivity index (χ3v) is 8.65. The second-order valence-corrected chi connectivity index (χ2v) is 11.2. The summed E-state index contributed by atoms with van der Waals surface area (Å²) in [7, 11) is 2.14. The van der Waals surface area contributed by atoms with E-state index >= 15 is 0 Å². The van der Waals surface area contributed by atoms with Crippen molar-refractivity contribution in [3.8, 4) is 0 Å². The highest BCUT2D eigenvalue weighted by Crippen LogP contribution is 2.47. The molecule has 1 fully saturated rings. The number of ether oxygens (including phenoxy) is 1. The predicted octanol–water partition coefficient (Wildman–Crippen LogP) is 4.80.